The van der Waals surface area contributed by atoms with Gasteiger partial charge in [0.15, 0.2) is 0 Å². The van der Waals surface area contributed by atoms with E-state index in [1.807, 2.05) is 31.3 Å². The van der Waals surface area contributed by atoms with Crippen molar-refractivity contribution in [2.45, 2.75) is 32.7 Å². The molecule has 1 aromatic heterocycles. The van der Waals surface area contributed by atoms with E-state index in [9.17, 15) is 4.79 Å². The predicted molar refractivity (Wildman–Crippen MR) is 93.8 cm³/mol. The lowest BCUT2D eigenvalue weighted by molar-refractivity contribution is 0.0939. The molecule has 0 fully saturated rings. The SMILES string of the molecule is CNCCc1ccccc1C(=O)NC(C)Cc1ccc(C)s1. The van der Waals surface area contributed by atoms with E-state index < -0.39 is 0 Å². The van der Waals surface area contributed by atoms with Crippen molar-refractivity contribution in [3.63, 3.8) is 0 Å². The van der Waals surface area contributed by atoms with E-state index in [1.165, 1.54) is 9.75 Å². The van der Waals surface area contributed by atoms with Crippen LogP contribution in [0, 0.1) is 6.92 Å². The molecule has 2 N–H and O–H groups in total. The molecule has 0 spiro atoms. The Morgan fingerprint density at radius 2 is 2.00 bits per heavy atom. The highest BCUT2D eigenvalue weighted by Gasteiger charge is 2.14. The molecule has 1 aromatic carbocycles. The molecule has 0 saturated carbocycles. The number of nitrogens with one attached hydrogen (secondary N) is 2. The van der Waals surface area contributed by atoms with Crippen molar-refractivity contribution in [1.82, 2.24) is 10.6 Å². The Kier molecular flexibility index (Phi) is 6.16. The molecule has 1 heterocycles. The zero-order valence-electron chi connectivity index (χ0n) is 13.5. The average molecular weight is 316 g/mol. The van der Waals surface area contributed by atoms with E-state index >= 15 is 0 Å². The van der Waals surface area contributed by atoms with Gasteiger partial charge in [-0.25, -0.2) is 0 Å². The molecule has 0 aliphatic heterocycles. The lowest BCUT2D eigenvalue weighted by Gasteiger charge is -2.15. The second-order valence-corrected chi connectivity index (χ2v) is 6.97. The smallest absolute Gasteiger partial charge is 0.251 e. The summed E-state index contributed by atoms with van der Waals surface area (Å²) in [4.78, 5) is 15.1. The van der Waals surface area contributed by atoms with Gasteiger partial charge in [0.25, 0.3) is 5.91 Å². The molecule has 4 heteroatoms. The predicted octanol–water partition coefficient (Wildman–Crippen LogP) is 3.18. The van der Waals surface area contributed by atoms with E-state index in [0.717, 1.165) is 30.5 Å². The molecule has 0 radical (unpaired) electrons. The fourth-order valence-electron chi connectivity index (χ4n) is 2.47. The van der Waals surface area contributed by atoms with E-state index in [0.29, 0.717) is 0 Å². The Hall–Kier alpha value is -1.65. The summed E-state index contributed by atoms with van der Waals surface area (Å²) in [5.41, 5.74) is 1.88. The summed E-state index contributed by atoms with van der Waals surface area (Å²) in [6, 6.07) is 12.2. The first-order valence-corrected chi connectivity index (χ1v) is 8.50. The zero-order valence-corrected chi connectivity index (χ0v) is 14.3. The van der Waals surface area contributed by atoms with Crippen molar-refractivity contribution < 1.29 is 4.79 Å². The number of carbonyl (C=O) groups excluding carboxylic acids is 1. The third-order valence-corrected chi connectivity index (χ3v) is 4.61. The first kappa shape index (κ1) is 16.7. The van der Waals surface area contributed by atoms with Gasteiger partial charge in [-0.3, -0.25) is 4.79 Å². The fraction of sp³-hybridized carbons (Fsp3) is 0.389. The third-order valence-electron chi connectivity index (χ3n) is 3.59. The molecule has 1 amide bonds. The lowest BCUT2D eigenvalue weighted by atomic mass is 10.0. The molecule has 0 aliphatic rings. The molecule has 22 heavy (non-hydrogen) atoms. The molecule has 1 atom stereocenters. The van der Waals surface area contributed by atoms with Crippen LogP contribution in [0.5, 0.6) is 0 Å². The topological polar surface area (TPSA) is 41.1 Å². The Morgan fingerprint density at radius 3 is 2.68 bits per heavy atom. The highest BCUT2D eigenvalue weighted by molar-refractivity contribution is 7.11. The monoisotopic (exact) mass is 316 g/mol. The molecular formula is C18H24N2OS. The first-order chi connectivity index (χ1) is 10.6. The number of amides is 1. The van der Waals surface area contributed by atoms with Crippen molar-refractivity contribution in [2.75, 3.05) is 13.6 Å². The minimum Gasteiger partial charge on any atom is -0.349 e. The molecule has 1 unspecified atom stereocenters. The van der Waals surface area contributed by atoms with Crippen LogP contribution in [0.1, 0.15) is 32.6 Å². The number of thiophene rings is 1. The summed E-state index contributed by atoms with van der Waals surface area (Å²) < 4.78 is 0. The summed E-state index contributed by atoms with van der Waals surface area (Å²) in [5.74, 6) is 0.0208. The zero-order chi connectivity index (χ0) is 15.9. The molecule has 0 saturated heterocycles. The fourth-order valence-corrected chi connectivity index (χ4v) is 3.49. The Balaban J connectivity index is 1.99. The van der Waals surface area contributed by atoms with Crippen LogP contribution in [-0.4, -0.2) is 25.5 Å². The number of hydrogen-bond acceptors (Lipinski definition) is 3. The second kappa shape index (κ2) is 8.11. The van der Waals surface area contributed by atoms with Crippen molar-refractivity contribution in [2.24, 2.45) is 0 Å². The maximum atomic E-state index is 12.5. The van der Waals surface area contributed by atoms with Crippen molar-refractivity contribution >= 4 is 17.2 Å². The Labute approximate surface area is 136 Å². The number of carbonyl (C=O) groups is 1. The van der Waals surface area contributed by atoms with Gasteiger partial charge in [0.1, 0.15) is 0 Å². The van der Waals surface area contributed by atoms with Crippen LogP contribution in [0.2, 0.25) is 0 Å². The first-order valence-electron chi connectivity index (χ1n) is 7.69. The molecule has 0 aliphatic carbocycles. The summed E-state index contributed by atoms with van der Waals surface area (Å²) in [7, 11) is 1.92. The summed E-state index contributed by atoms with van der Waals surface area (Å²) in [6.07, 6.45) is 1.74. The second-order valence-electron chi connectivity index (χ2n) is 5.60. The number of aryl methyl sites for hydroxylation is 1. The summed E-state index contributed by atoms with van der Waals surface area (Å²) in [5, 5.41) is 6.25. The molecule has 118 valence electrons. The van der Waals surface area contributed by atoms with Gasteiger partial charge in [-0.15, -0.1) is 11.3 Å². The van der Waals surface area contributed by atoms with Crippen LogP contribution in [0.25, 0.3) is 0 Å². The van der Waals surface area contributed by atoms with Gasteiger partial charge in [0.2, 0.25) is 0 Å². The van der Waals surface area contributed by atoms with Crippen LogP contribution in [-0.2, 0) is 12.8 Å². The van der Waals surface area contributed by atoms with Crippen LogP contribution >= 0.6 is 11.3 Å². The minimum absolute atomic E-state index is 0.0208. The van der Waals surface area contributed by atoms with Gasteiger partial charge in [-0.1, -0.05) is 18.2 Å². The Morgan fingerprint density at radius 1 is 1.23 bits per heavy atom. The van der Waals surface area contributed by atoms with E-state index in [-0.39, 0.29) is 11.9 Å². The lowest BCUT2D eigenvalue weighted by Crippen LogP contribution is -2.34. The normalized spacial score (nSPS) is 12.1. The number of rotatable bonds is 7. The maximum absolute atomic E-state index is 12.5. The van der Waals surface area contributed by atoms with Crippen LogP contribution < -0.4 is 10.6 Å². The maximum Gasteiger partial charge on any atom is 0.251 e. The quantitative estimate of drug-likeness (QED) is 0.824. The molecular weight excluding hydrogens is 292 g/mol. The van der Waals surface area contributed by atoms with Crippen LogP contribution in [0.3, 0.4) is 0 Å². The largest absolute Gasteiger partial charge is 0.349 e. The van der Waals surface area contributed by atoms with Crippen molar-refractivity contribution in [3.8, 4) is 0 Å². The number of likely N-dealkylation sites (N-methyl/N-ethyl adjacent to an activating group) is 1. The average Bonchev–Trinajstić information content (AvgIpc) is 2.90. The minimum atomic E-state index is 0.0208. The Bertz CT molecular complexity index is 621. The number of benzene rings is 1. The summed E-state index contributed by atoms with van der Waals surface area (Å²) in [6.45, 7) is 5.03. The standard InChI is InChI=1S/C18H24N2OS/c1-13(12-16-9-8-14(2)22-16)20-18(21)17-7-5-4-6-15(17)10-11-19-3/h4-9,13,19H,10-12H2,1-3H3,(H,20,21). The van der Waals surface area contributed by atoms with E-state index in [1.54, 1.807) is 11.3 Å². The van der Waals surface area contributed by atoms with Crippen molar-refractivity contribution in [3.05, 3.63) is 57.3 Å². The molecule has 2 aromatic rings. The highest BCUT2D eigenvalue weighted by atomic mass is 32.1. The van der Waals surface area contributed by atoms with Gasteiger partial charge in [-0.2, -0.15) is 0 Å². The summed E-state index contributed by atoms with van der Waals surface area (Å²) >= 11 is 1.79. The molecule has 3 nitrogen and oxygen atoms in total. The highest BCUT2D eigenvalue weighted by Crippen LogP contribution is 2.17. The number of hydrogen-bond donors (Lipinski definition) is 2. The van der Waals surface area contributed by atoms with Gasteiger partial charge in [0, 0.05) is 27.8 Å². The van der Waals surface area contributed by atoms with E-state index in [4.69, 9.17) is 0 Å². The van der Waals surface area contributed by atoms with Crippen LogP contribution in [0.15, 0.2) is 36.4 Å². The van der Waals surface area contributed by atoms with Gasteiger partial charge < -0.3 is 10.6 Å². The van der Waals surface area contributed by atoms with Gasteiger partial charge in [-0.05, 0) is 57.6 Å². The molecule has 2 rings (SSSR count). The van der Waals surface area contributed by atoms with E-state index in [2.05, 4.69) is 36.6 Å². The van der Waals surface area contributed by atoms with Crippen molar-refractivity contribution in [1.29, 1.82) is 0 Å². The van der Waals surface area contributed by atoms with Gasteiger partial charge >= 0.3 is 0 Å². The van der Waals surface area contributed by atoms with Gasteiger partial charge in [0.05, 0.1) is 0 Å². The molecule has 0 bridgehead atoms. The van der Waals surface area contributed by atoms with Crippen LogP contribution in [0.4, 0.5) is 0 Å². The third kappa shape index (κ3) is 4.68.